The smallest absolute Gasteiger partial charge is 0.212 e. The molecule has 0 aromatic carbocycles. The summed E-state index contributed by atoms with van der Waals surface area (Å²) in [6.45, 7) is 1.29. The average molecular weight is 307 g/mol. The number of aliphatic imine (C=N–C) groups is 1. The Morgan fingerprint density at radius 2 is 2.18 bits per heavy atom. The molecular formula is C15H25N5O2. The molecule has 1 rings (SSSR count). The molecule has 0 aliphatic carbocycles. The molecule has 0 saturated carbocycles. The molecule has 3 N–H and O–H groups in total. The number of guanidine groups is 1. The van der Waals surface area contributed by atoms with Crippen molar-refractivity contribution in [1.29, 1.82) is 0 Å². The highest BCUT2D eigenvalue weighted by Gasteiger charge is 2.09. The third kappa shape index (κ3) is 5.71. The maximum atomic E-state index is 9.30. The Balaban J connectivity index is 2.79. The van der Waals surface area contributed by atoms with Crippen molar-refractivity contribution in [2.45, 2.75) is 6.42 Å². The molecule has 0 fully saturated rings. The topological polar surface area (TPSA) is 87.2 Å². The van der Waals surface area contributed by atoms with Crippen LogP contribution in [0.2, 0.25) is 0 Å². The molecule has 1 heterocycles. The van der Waals surface area contributed by atoms with Gasteiger partial charge in [-0.1, -0.05) is 0 Å². The summed E-state index contributed by atoms with van der Waals surface area (Å²) in [4.78, 5) is 12.2. The van der Waals surface area contributed by atoms with Gasteiger partial charge in [-0.05, 0) is 30.7 Å². The summed E-state index contributed by atoms with van der Waals surface area (Å²) in [5, 5.41) is 9.30. The molecule has 0 bridgehead atoms. The molecule has 0 radical (unpaired) electrons. The van der Waals surface area contributed by atoms with Gasteiger partial charge in [0.25, 0.3) is 0 Å². The highest BCUT2D eigenvalue weighted by atomic mass is 16.5. The number of pyridine rings is 1. The van der Waals surface area contributed by atoms with Gasteiger partial charge in [-0.3, -0.25) is 0 Å². The molecule has 1 aromatic rings. The van der Waals surface area contributed by atoms with E-state index in [-0.39, 0.29) is 6.73 Å². The van der Waals surface area contributed by atoms with E-state index in [9.17, 15) is 5.11 Å². The van der Waals surface area contributed by atoms with E-state index >= 15 is 0 Å². The van der Waals surface area contributed by atoms with Crippen LogP contribution < -0.4 is 10.5 Å². The molecule has 0 aliphatic rings. The molecule has 0 saturated heterocycles. The van der Waals surface area contributed by atoms with Crippen molar-refractivity contribution in [1.82, 2.24) is 14.8 Å². The molecule has 0 atom stereocenters. The highest BCUT2D eigenvalue weighted by Crippen LogP contribution is 2.08. The first-order chi connectivity index (χ1) is 10.6. The standard InChI is InChI=1S/C15H25N5O2/c1-19(10-4-8-16)15(20(2)12-21)17-9-7-13-5-6-14(22-3)18-11-13/h5-7,9,11,21H,4,8,10,12,16H2,1-3H3/b9-7+,17-15-. The lowest BCUT2D eigenvalue weighted by atomic mass is 10.3. The fourth-order valence-corrected chi connectivity index (χ4v) is 1.78. The van der Waals surface area contributed by atoms with Crippen LogP contribution in [-0.4, -0.2) is 66.9 Å². The first-order valence-electron chi connectivity index (χ1n) is 7.10. The Bertz CT molecular complexity index is 487. The summed E-state index contributed by atoms with van der Waals surface area (Å²) in [5.74, 6) is 1.25. The lowest BCUT2D eigenvalue weighted by Crippen LogP contribution is -2.41. The van der Waals surface area contributed by atoms with Crippen molar-refractivity contribution >= 4 is 12.0 Å². The fraction of sp³-hybridized carbons (Fsp3) is 0.467. The molecule has 0 aliphatic heterocycles. The van der Waals surface area contributed by atoms with Gasteiger partial charge in [-0.15, -0.1) is 0 Å². The Morgan fingerprint density at radius 3 is 2.73 bits per heavy atom. The number of hydrogen-bond acceptors (Lipinski definition) is 5. The lowest BCUT2D eigenvalue weighted by Gasteiger charge is -2.27. The van der Waals surface area contributed by atoms with E-state index in [1.165, 1.54) is 0 Å². The number of aliphatic hydroxyl groups is 1. The van der Waals surface area contributed by atoms with Crippen LogP contribution >= 0.6 is 0 Å². The molecule has 0 spiro atoms. The van der Waals surface area contributed by atoms with E-state index < -0.39 is 0 Å². The van der Waals surface area contributed by atoms with Crippen LogP contribution in [0.1, 0.15) is 12.0 Å². The first kappa shape index (κ1) is 17.9. The average Bonchev–Trinajstić information content (AvgIpc) is 2.56. The molecular weight excluding hydrogens is 282 g/mol. The zero-order valence-corrected chi connectivity index (χ0v) is 13.4. The minimum atomic E-state index is -0.107. The molecule has 0 unspecified atom stereocenters. The van der Waals surface area contributed by atoms with Crippen LogP contribution in [0.15, 0.2) is 29.5 Å². The largest absolute Gasteiger partial charge is 0.481 e. The Morgan fingerprint density at radius 1 is 1.41 bits per heavy atom. The number of rotatable bonds is 7. The molecule has 7 heteroatoms. The second-order valence-electron chi connectivity index (χ2n) is 4.78. The van der Waals surface area contributed by atoms with Gasteiger partial charge in [0.05, 0.1) is 7.11 Å². The number of nitrogens with two attached hydrogens (primary N) is 1. The Labute approximate surface area is 131 Å². The fourth-order valence-electron chi connectivity index (χ4n) is 1.78. The Hall–Kier alpha value is -2.12. The minimum absolute atomic E-state index is 0.107. The van der Waals surface area contributed by atoms with Gasteiger partial charge >= 0.3 is 0 Å². The van der Waals surface area contributed by atoms with Gasteiger partial charge in [-0.2, -0.15) is 0 Å². The third-order valence-corrected chi connectivity index (χ3v) is 3.02. The van der Waals surface area contributed by atoms with Gasteiger partial charge in [0.2, 0.25) is 11.8 Å². The summed E-state index contributed by atoms with van der Waals surface area (Å²) in [6.07, 6.45) is 6.09. The number of hydrogen-bond donors (Lipinski definition) is 2. The second kappa shape index (κ2) is 9.75. The SMILES string of the molecule is COc1ccc(/C=C/N=C(\N(C)CO)N(C)CCCN)cn1. The number of methoxy groups -OCH3 is 1. The predicted molar refractivity (Wildman–Crippen MR) is 88.4 cm³/mol. The number of ether oxygens (including phenoxy) is 1. The molecule has 22 heavy (non-hydrogen) atoms. The van der Waals surface area contributed by atoms with Gasteiger partial charge in [0.1, 0.15) is 6.73 Å². The van der Waals surface area contributed by atoms with Gasteiger partial charge < -0.3 is 25.4 Å². The number of nitrogens with zero attached hydrogens (tertiary/aromatic N) is 4. The zero-order valence-electron chi connectivity index (χ0n) is 13.4. The number of aliphatic hydroxyl groups excluding tert-OH is 1. The summed E-state index contributed by atoms with van der Waals surface area (Å²) < 4.78 is 5.01. The summed E-state index contributed by atoms with van der Waals surface area (Å²) in [6, 6.07) is 3.68. The third-order valence-electron chi connectivity index (χ3n) is 3.02. The number of aromatic nitrogens is 1. The van der Waals surface area contributed by atoms with E-state index in [0.717, 1.165) is 18.5 Å². The van der Waals surface area contributed by atoms with E-state index in [1.807, 2.05) is 24.1 Å². The van der Waals surface area contributed by atoms with Gasteiger partial charge in [0.15, 0.2) is 0 Å². The molecule has 122 valence electrons. The lowest BCUT2D eigenvalue weighted by molar-refractivity contribution is 0.178. The van der Waals surface area contributed by atoms with Crippen LogP contribution in [0.4, 0.5) is 0 Å². The molecule has 0 amide bonds. The summed E-state index contributed by atoms with van der Waals surface area (Å²) in [5.41, 5.74) is 6.44. The quantitative estimate of drug-likeness (QED) is 0.435. The van der Waals surface area contributed by atoms with E-state index in [4.69, 9.17) is 10.5 Å². The van der Waals surface area contributed by atoms with Crippen LogP contribution in [0.5, 0.6) is 5.88 Å². The monoisotopic (exact) mass is 307 g/mol. The van der Waals surface area contributed by atoms with Crippen LogP contribution in [0, 0.1) is 0 Å². The van der Waals surface area contributed by atoms with Crippen LogP contribution in [0.3, 0.4) is 0 Å². The highest BCUT2D eigenvalue weighted by molar-refractivity contribution is 5.80. The van der Waals surface area contributed by atoms with Crippen LogP contribution in [0.25, 0.3) is 6.08 Å². The maximum Gasteiger partial charge on any atom is 0.212 e. The Kier molecular flexibility index (Phi) is 7.95. The van der Waals surface area contributed by atoms with Crippen LogP contribution in [-0.2, 0) is 0 Å². The minimum Gasteiger partial charge on any atom is -0.481 e. The van der Waals surface area contributed by atoms with Crippen molar-refractivity contribution in [3.8, 4) is 5.88 Å². The van der Waals surface area contributed by atoms with Crippen molar-refractivity contribution in [3.05, 3.63) is 30.1 Å². The predicted octanol–water partition coefficient (Wildman–Crippen LogP) is 0.579. The first-order valence-corrected chi connectivity index (χ1v) is 7.10. The van der Waals surface area contributed by atoms with Gasteiger partial charge in [0, 0.05) is 39.1 Å². The van der Waals surface area contributed by atoms with E-state index in [0.29, 0.717) is 18.4 Å². The van der Waals surface area contributed by atoms with Gasteiger partial charge in [-0.25, -0.2) is 9.98 Å². The van der Waals surface area contributed by atoms with E-state index in [1.54, 1.807) is 37.5 Å². The maximum absolute atomic E-state index is 9.30. The molecule has 7 nitrogen and oxygen atoms in total. The van der Waals surface area contributed by atoms with Crippen molar-refractivity contribution in [2.24, 2.45) is 10.7 Å². The van der Waals surface area contributed by atoms with Crippen molar-refractivity contribution < 1.29 is 9.84 Å². The van der Waals surface area contributed by atoms with E-state index in [2.05, 4.69) is 9.98 Å². The zero-order chi connectivity index (χ0) is 16.4. The summed E-state index contributed by atoms with van der Waals surface area (Å²) >= 11 is 0. The van der Waals surface area contributed by atoms with Crippen molar-refractivity contribution in [3.63, 3.8) is 0 Å². The van der Waals surface area contributed by atoms with Crippen molar-refractivity contribution in [2.75, 3.05) is 41.0 Å². The second-order valence-corrected chi connectivity index (χ2v) is 4.78. The summed E-state index contributed by atoms with van der Waals surface area (Å²) in [7, 11) is 5.28. The molecule has 1 aromatic heterocycles. The normalized spacial score (nSPS) is 11.8.